The fraction of sp³-hybridized carbons (Fsp3) is 0.0435. The number of hydrogen-bond donors (Lipinski definition) is 1. The number of carbonyl (C=O) groups is 1. The van der Waals surface area contributed by atoms with Crippen LogP contribution in [0.15, 0.2) is 84.9 Å². The molecule has 138 valence electrons. The average molecular weight is 388 g/mol. The van der Waals surface area contributed by atoms with Crippen LogP contribution in [-0.2, 0) is 0 Å². The Bertz CT molecular complexity index is 1120. The lowest BCUT2D eigenvalue weighted by atomic mass is 10.1. The maximum Gasteiger partial charge on any atom is 0.274 e. The van der Waals surface area contributed by atoms with Crippen LogP contribution >= 0.6 is 11.6 Å². The lowest BCUT2D eigenvalue weighted by Gasteiger charge is -2.10. The van der Waals surface area contributed by atoms with Gasteiger partial charge in [-0.15, -0.1) is 0 Å². The van der Waals surface area contributed by atoms with Crippen LogP contribution in [0.5, 0.6) is 0 Å². The first-order valence-electron chi connectivity index (χ1n) is 8.90. The second-order valence-electron chi connectivity index (χ2n) is 6.46. The number of anilines is 1. The summed E-state index contributed by atoms with van der Waals surface area (Å²) >= 11 is 6.38. The molecule has 1 aromatic heterocycles. The number of rotatable bonds is 4. The summed E-state index contributed by atoms with van der Waals surface area (Å²) in [6.07, 6.45) is 0. The zero-order valence-corrected chi connectivity index (χ0v) is 16.0. The van der Waals surface area contributed by atoms with Gasteiger partial charge in [0.2, 0.25) is 0 Å². The molecule has 1 amide bonds. The number of benzene rings is 3. The van der Waals surface area contributed by atoms with Crippen molar-refractivity contribution in [3.8, 4) is 16.9 Å². The Labute approximate surface area is 168 Å². The zero-order valence-electron chi connectivity index (χ0n) is 15.3. The standard InChI is InChI=1S/C23H18ClN3O/c1-16-11-13-18(14-12-16)25-23(28)22-15-20(17-7-3-2-4-8-17)26-27(22)21-10-6-5-9-19(21)24/h2-15H,1H3,(H,25,28). The van der Waals surface area contributed by atoms with Crippen molar-refractivity contribution in [2.45, 2.75) is 6.92 Å². The van der Waals surface area contributed by atoms with Crippen molar-refractivity contribution in [1.82, 2.24) is 9.78 Å². The second-order valence-corrected chi connectivity index (χ2v) is 6.87. The number of para-hydroxylation sites is 1. The smallest absolute Gasteiger partial charge is 0.274 e. The molecule has 1 heterocycles. The lowest BCUT2D eigenvalue weighted by molar-refractivity contribution is 0.101. The van der Waals surface area contributed by atoms with Crippen LogP contribution in [0.3, 0.4) is 0 Å². The third-order valence-corrected chi connectivity index (χ3v) is 4.72. The number of amides is 1. The van der Waals surface area contributed by atoms with Gasteiger partial charge in [-0.3, -0.25) is 4.79 Å². The molecule has 0 atom stereocenters. The van der Waals surface area contributed by atoms with Gasteiger partial charge in [0.25, 0.3) is 5.91 Å². The predicted octanol–water partition coefficient (Wildman–Crippen LogP) is 5.75. The lowest BCUT2D eigenvalue weighted by Crippen LogP contribution is -2.17. The fourth-order valence-corrected chi connectivity index (χ4v) is 3.15. The SMILES string of the molecule is Cc1ccc(NC(=O)c2cc(-c3ccccc3)nn2-c2ccccc2Cl)cc1. The number of halogens is 1. The van der Waals surface area contributed by atoms with Gasteiger partial charge < -0.3 is 5.32 Å². The van der Waals surface area contributed by atoms with Crippen LogP contribution in [0.25, 0.3) is 16.9 Å². The Hall–Kier alpha value is -3.37. The van der Waals surface area contributed by atoms with Gasteiger partial charge in [0.15, 0.2) is 0 Å². The fourth-order valence-electron chi connectivity index (χ4n) is 2.93. The van der Waals surface area contributed by atoms with Crippen molar-refractivity contribution in [1.29, 1.82) is 0 Å². The Morgan fingerprint density at radius 3 is 2.32 bits per heavy atom. The van der Waals surface area contributed by atoms with E-state index in [2.05, 4.69) is 10.4 Å². The summed E-state index contributed by atoms with van der Waals surface area (Å²) in [6.45, 7) is 2.00. The van der Waals surface area contributed by atoms with Crippen LogP contribution < -0.4 is 5.32 Å². The largest absolute Gasteiger partial charge is 0.321 e. The number of nitrogens with one attached hydrogen (secondary N) is 1. The van der Waals surface area contributed by atoms with Gasteiger partial charge in [-0.2, -0.15) is 5.10 Å². The summed E-state index contributed by atoms with van der Waals surface area (Å²) < 4.78 is 1.59. The minimum atomic E-state index is -0.251. The summed E-state index contributed by atoms with van der Waals surface area (Å²) in [5.74, 6) is -0.251. The van der Waals surface area contributed by atoms with Gasteiger partial charge in [-0.1, -0.05) is 71.8 Å². The molecule has 1 N–H and O–H groups in total. The molecule has 0 unspecified atom stereocenters. The number of hydrogen-bond acceptors (Lipinski definition) is 2. The summed E-state index contributed by atoms with van der Waals surface area (Å²) in [6, 6.07) is 26.5. The van der Waals surface area contributed by atoms with E-state index in [1.165, 1.54) is 0 Å². The minimum Gasteiger partial charge on any atom is -0.321 e. The summed E-state index contributed by atoms with van der Waals surface area (Å²) in [7, 11) is 0. The van der Waals surface area contributed by atoms with E-state index in [-0.39, 0.29) is 5.91 Å². The van der Waals surface area contributed by atoms with E-state index < -0.39 is 0 Å². The molecule has 0 bridgehead atoms. The second kappa shape index (κ2) is 7.71. The third kappa shape index (κ3) is 3.68. The van der Waals surface area contributed by atoms with Crippen LogP contribution in [0.2, 0.25) is 5.02 Å². The van der Waals surface area contributed by atoms with E-state index >= 15 is 0 Å². The summed E-state index contributed by atoms with van der Waals surface area (Å²) in [5, 5.41) is 8.12. The first kappa shape index (κ1) is 18.0. The van der Waals surface area contributed by atoms with Crippen LogP contribution in [-0.4, -0.2) is 15.7 Å². The topological polar surface area (TPSA) is 46.9 Å². The minimum absolute atomic E-state index is 0.251. The predicted molar refractivity (Wildman–Crippen MR) is 113 cm³/mol. The molecule has 0 aliphatic carbocycles. The van der Waals surface area contributed by atoms with Crippen molar-refractivity contribution >= 4 is 23.2 Å². The molecule has 3 aromatic carbocycles. The molecule has 0 radical (unpaired) electrons. The van der Waals surface area contributed by atoms with Gasteiger partial charge in [0.1, 0.15) is 5.69 Å². The Morgan fingerprint density at radius 1 is 0.929 bits per heavy atom. The van der Waals surface area contributed by atoms with E-state index in [1.807, 2.05) is 79.7 Å². The number of aryl methyl sites for hydroxylation is 1. The van der Waals surface area contributed by atoms with Crippen LogP contribution in [0.4, 0.5) is 5.69 Å². The Kier molecular flexibility index (Phi) is 4.96. The van der Waals surface area contributed by atoms with Crippen molar-refractivity contribution in [3.63, 3.8) is 0 Å². The van der Waals surface area contributed by atoms with Crippen molar-refractivity contribution < 1.29 is 4.79 Å². The highest BCUT2D eigenvalue weighted by Gasteiger charge is 2.19. The Morgan fingerprint density at radius 2 is 1.61 bits per heavy atom. The number of nitrogens with zero attached hydrogens (tertiary/aromatic N) is 2. The molecule has 0 aliphatic rings. The molecule has 0 saturated carbocycles. The molecule has 0 saturated heterocycles. The van der Waals surface area contributed by atoms with Gasteiger partial charge >= 0.3 is 0 Å². The van der Waals surface area contributed by atoms with Gasteiger partial charge in [-0.25, -0.2) is 4.68 Å². The first-order valence-corrected chi connectivity index (χ1v) is 9.28. The van der Waals surface area contributed by atoms with E-state index in [1.54, 1.807) is 16.8 Å². The molecule has 0 aliphatic heterocycles. The molecule has 0 spiro atoms. The van der Waals surface area contributed by atoms with E-state index in [0.717, 1.165) is 16.8 Å². The van der Waals surface area contributed by atoms with Gasteiger partial charge in [-0.05, 0) is 37.3 Å². The monoisotopic (exact) mass is 387 g/mol. The molecule has 4 aromatic rings. The number of carbonyl (C=O) groups excluding carboxylic acids is 1. The average Bonchev–Trinajstić information content (AvgIpc) is 3.16. The van der Waals surface area contributed by atoms with E-state index in [0.29, 0.717) is 22.1 Å². The number of aromatic nitrogens is 2. The molecular formula is C23H18ClN3O. The van der Waals surface area contributed by atoms with Crippen LogP contribution in [0, 0.1) is 6.92 Å². The highest BCUT2D eigenvalue weighted by atomic mass is 35.5. The third-order valence-electron chi connectivity index (χ3n) is 4.40. The zero-order chi connectivity index (χ0) is 19.5. The molecule has 5 heteroatoms. The normalized spacial score (nSPS) is 10.6. The maximum atomic E-state index is 13.0. The van der Waals surface area contributed by atoms with Crippen molar-refractivity contribution in [3.05, 3.63) is 101 Å². The van der Waals surface area contributed by atoms with Crippen molar-refractivity contribution in [2.75, 3.05) is 5.32 Å². The molecule has 28 heavy (non-hydrogen) atoms. The summed E-state index contributed by atoms with van der Waals surface area (Å²) in [5.41, 5.74) is 4.55. The molecule has 4 rings (SSSR count). The van der Waals surface area contributed by atoms with Crippen molar-refractivity contribution in [2.24, 2.45) is 0 Å². The molecular weight excluding hydrogens is 370 g/mol. The highest BCUT2D eigenvalue weighted by molar-refractivity contribution is 6.32. The quantitative estimate of drug-likeness (QED) is 0.484. The van der Waals surface area contributed by atoms with Gasteiger partial charge in [0.05, 0.1) is 16.4 Å². The first-order chi connectivity index (χ1) is 13.6. The summed E-state index contributed by atoms with van der Waals surface area (Å²) in [4.78, 5) is 13.0. The van der Waals surface area contributed by atoms with E-state index in [9.17, 15) is 4.79 Å². The van der Waals surface area contributed by atoms with Crippen LogP contribution in [0.1, 0.15) is 16.1 Å². The van der Waals surface area contributed by atoms with Gasteiger partial charge in [0, 0.05) is 11.3 Å². The van der Waals surface area contributed by atoms with E-state index in [4.69, 9.17) is 11.6 Å². The molecule has 0 fully saturated rings. The maximum absolute atomic E-state index is 13.0. The molecule has 4 nitrogen and oxygen atoms in total. The Balaban J connectivity index is 1.78. The highest BCUT2D eigenvalue weighted by Crippen LogP contribution is 2.26.